The van der Waals surface area contributed by atoms with Gasteiger partial charge in [0.2, 0.25) is 15.9 Å². The van der Waals surface area contributed by atoms with Crippen molar-refractivity contribution in [2.75, 3.05) is 19.7 Å². The van der Waals surface area contributed by atoms with Crippen molar-refractivity contribution in [1.82, 2.24) is 9.62 Å². The first-order valence-corrected chi connectivity index (χ1v) is 11.1. The maximum absolute atomic E-state index is 13.1. The van der Waals surface area contributed by atoms with E-state index >= 15 is 0 Å². The molecule has 1 atom stereocenters. The lowest BCUT2D eigenvalue weighted by molar-refractivity contribution is -0.126. The number of sulfonamides is 1. The van der Waals surface area contributed by atoms with Gasteiger partial charge in [0.15, 0.2) is 0 Å². The highest BCUT2D eigenvalue weighted by Crippen LogP contribution is 2.24. The first-order chi connectivity index (χ1) is 13.9. The molecule has 1 aliphatic rings. The van der Waals surface area contributed by atoms with E-state index in [1.807, 2.05) is 31.2 Å². The Morgan fingerprint density at radius 3 is 2.72 bits per heavy atom. The Bertz CT molecular complexity index is 947. The fourth-order valence-electron chi connectivity index (χ4n) is 3.38. The van der Waals surface area contributed by atoms with Crippen LogP contribution >= 0.6 is 0 Å². The summed E-state index contributed by atoms with van der Waals surface area (Å²) in [6.07, 6.45) is 1.22. The van der Waals surface area contributed by atoms with Gasteiger partial charge in [0, 0.05) is 19.6 Å². The molecule has 0 aliphatic carbocycles. The zero-order chi connectivity index (χ0) is 20.9. The lowest BCUT2D eigenvalue weighted by Gasteiger charge is -2.31. The van der Waals surface area contributed by atoms with E-state index in [1.54, 1.807) is 0 Å². The third kappa shape index (κ3) is 5.33. The van der Waals surface area contributed by atoms with Crippen LogP contribution in [-0.4, -0.2) is 38.3 Å². The van der Waals surface area contributed by atoms with Gasteiger partial charge in [0.05, 0.1) is 17.4 Å². The molecule has 0 spiro atoms. The van der Waals surface area contributed by atoms with Crippen molar-refractivity contribution in [3.05, 3.63) is 59.9 Å². The first-order valence-electron chi connectivity index (χ1n) is 9.65. The molecule has 2 aromatic rings. The van der Waals surface area contributed by atoms with Gasteiger partial charge < -0.3 is 10.1 Å². The van der Waals surface area contributed by atoms with Gasteiger partial charge in [-0.25, -0.2) is 12.8 Å². The van der Waals surface area contributed by atoms with Crippen molar-refractivity contribution in [3.8, 4) is 5.75 Å². The Kier molecular flexibility index (Phi) is 6.87. The van der Waals surface area contributed by atoms with Gasteiger partial charge in [-0.05, 0) is 61.7 Å². The molecule has 1 unspecified atom stereocenters. The average Bonchev–Trinajstić information content (AvgIpc) is 2.73. The molecule has 1 heterocycles. The quantitative estimate of drug-likeness (QED) is 0.747. The normalized spacial score (nSPS) is 17.7. The SMILES string of the molecule is CCOc1cccc(CNC(=O)C2CCCN(S(=O)(=O)c3ccc(F)cc3)C2)c1. The molecule has 29 heavy (non-hydrogen) atoms. The van der Waals surface area contributed by atoms with Crippen molar-refractivity contribution in [3.63, 3.8) is 0 Å². The van der Waals surface area contributed by atoms with Crippen LogP contribution in [0.25, 0.3) is 0 Å². The van der Waals surface area contributed by atoms with Crippen LogP contribution in [0.15, 0.2) is 53.4 Å². The molecule has 1 aliphatic heterocycles. The number of nitrogens with one attached hydrogen (secondary N) is 1. The van der Waals surface area contributed by atoms with Crippen molar-refractivity contribution < 1.29 is 22.3 Å². The molecule has 156 valence electrons. The number of hydrogen-bond acceptors (Lipinski definition) is 4. The zero-order valence-corrected chi connectivity index (χ0v) is 17.1. The van der Waals surface area contributed by atoms with Crippen molar-refractivity contribution in [2.24, 2.45) is 5.92 Å². The number of halogens is 1. The van der Waals surface area contributed by atoms with Crippen LogP contribution in [0.1, 0.15) is 25.3 Å². The highest BCUT2D eigenvalue weighted by atomic mass is 32.2. The van der Waals surface area contributed by atoms with E-state index in [0.717, 1.165) is 23.4 Å². The summed E-state index contributed by atoms with van der Waals surface area (Å²) in [7, 11) is -3.75. The number of carbonyl (C=O) groups is 1. The van der Waals surface area contributed by atoms with E-state index in [2.05, 4.69) is 5.32 Å². The number of nitrogens with zero attached hydrogens (tertiary/aromatic N) is 1. The molecular formula is C21H25FN2O4S. The molecular weight excluding hydrogens is 395 g/mol. The van der Waals surface area contributed by atoms with Crippen molar-refractivity contribution in [2.45, 2.75) is 31.2 Å². The van der Waals surface area contributed by atoms with Gasteiger partial charge in [-0.1, -0.05) is 12.1 Å². The number of piperidine rings is 1. The number of rotatable bonds is 7. The molecule has 0 aromatic heterocycles. The van der Waals surface area contributed by atoms with Crippen LogP contribution in [0.2, 0.25) is 0 Å². The topological polar surface area (TPSA) is 75.7 Å². The van der Waals surface area contributed by atoms with Crippen LogP contribution in [0, 0.1) is 11.7 Å². The number of benzene rings is 2. The van der Waals surface area contributed by atoms with E-state index < -0.39 is 21.8 Å². The highest BCUT2D eigenvalue weighted by Gasteiger charge is 2.33. The van der Waals surface area contributed by atoms with Crippen LogP contribution in [0.4, 0.5) is 4.39 Å². The van der Waals surface area contributed by atoms with E-state index in [9.17, 15) is 17.6 Å². The van der Waals surface area contributed by atoms with Crippen molar-refractivity contribution >= 4 is 15.9 Å². The molecule has 8 heteroatoms. The van der Waals surface area contributed by atoms with Gasteiger partial charge in [-0.3, -0.25) is 4.79 Å². The largest absolute Gasteiger partial charge is 0.494 e. The first kappa shape index (κ1) is 21.3. The van der Waals surface area contributed by atoms with Crippen LogP contribution in [-0.2, 0) is 21.4 Å². The molecule has 1 fully saturated rings. The van der Waals surface area contributed by atoms with E-state index in [0.29, 0.717) is 32.5 Å². The molecule has 0 bridgehead atoms. The summed E-state index contributed by atoms with van der Waals surface area (Å²) < 4.78 is 45.5. The molecule has 2 aromatic carbocycles. The summed E-state index contributed by atoms with van der Waals surface area (Å²) in [6, 6.07) is 12.2. The van der Waals surface area contributed by atoms with Gasteiger partial charge in [0.1, 0.15) is 11.6 Å². The number of hydrogen-bond donors (Lipinski definition) is 1. The summed E-state index contributed by atoms with van der Waals surface area (Å²) in [6.45, 7) is 3.28. The molecule has 0 saturated carbocycles. The van der Waals surface area contributed by atoms with Crippen LogP contribution in [0.5, 0.6) is 5.75 Å². The molecule has 1 saturated heterocycles. The smallest absolute Gasteiger partial charge is 0.243 e. The molecule has 1 N–H and O–H groups in total. The zero-order valence-electron chi connectivity index (χ0n) is 16.3. The van der Waals surface area contributed by atoms with Gasteiger partial charge in [-0.2, -0.15) is 4.31 Å². The molecule has 0 radical (unpaired) electrons. The van der Waals surface area contributed by atoms with E-state index in [1.165, 1.54) is 16.4 Å². The summed E-state index contributed by atoms with van der Waals surface area (Å²) in [5.74, 6) is -0.346. The fourth-order valence-corrected chi connectivity index (χ4v) is 4.90. The lowest BCUT2D eigenvalue weighted by Crippen LogP contribution is -2.45. The molecule has 1 amide bonds. The number of carbonyl (C=O) groups excluding carboxylic acids is 1. The predicted molar refractivity (Wildman–Crippen MR) is 107 cm³/mol. The summed E-state index contributed by atoms with van der Waals surface area (Å²) in [5, 5.41) is 2.89. The van der Waals surface area contributed by atoms with Gasteiger partial charge >= 0.3 is 0 Å². The Labute approximate surface area is 170 Å². The number of ether oxygens (including phenoxy) is 1. The second-order valence-electron chi connectivity index (χ2n) is 6.95. The third-order valence-electron chi connectivity index (χ3n) is 4.88. The third-order valence-corrected chi connectivity index (χ3v) is 6.76. The summed E-state index contributed by atoms with van der Waals surface area (Å²) >= 11 is 0. The predicted octanol–water partition coefficient (Wildman–Crippen LogP) is 2.94. The second kappa shape index (κ2) is 9.37. The highest BCUT2D eigenvalue weighted by molar-refractivity contribution is 7.89. The Balaban J connectivity index is 1.62. The minimum atomic E-state index is -3.75. The number of amides is 1. The second-order valence-corrected chi connectivity index (χ2v) is 8.89. The Morgan fingerprint density at radius 1 is 1.24 bits per heavy atom. The average molecular weight is 421 g/mol. The monoisotopic (exact) mass is 420 g/mol. The minimum absolute atomic E-state index is 0.0349. The van der Waals surface area contributed by atoms with Gasteiger partial charge in [0.25, 0.3) is 0 Å². The summed E-state index contributed by atoms with van der Waals surface area (Å²) in [4.78, 5) is 12.7. The molecule has 6 nitrogen and oxygen atoms in total. The Hall–Kier alpha value is -2.45. The maximum Gasteiger partial charge on any atom is 0.243 e. The lowest BCUT2D eigenvalue weighted by atomic mass is 9.99. The van der Waals surface area contributed by atoms with Crippen LogP contribution < -0.4 is 10.1 Å². The minimum Gasteiger partial charge on any atom is -0.494 e. The fraction of sp³-hybridized carbons (Fsp3) is 0.381. The van der Waals surface area contributed by atoms with Crippen LogP contribution in [0.3, 0.4) is 0 Å². The molecule has 3 rings (SSSR count). The Morgan fingerprint density at radius 2 is 2.00 bits per heavy atom. The standard InChI is InChI=1S/C21H25FN2O4S/c1-2-28-19-7-3-5-16(13-19)14-23-21(25)17-6-4-12-24(15-17)29(26,27)20-10-8-18(22)9-11-20/h3,5,7-11,13,17H,2,4,6,12,14-15H2,1H3,(H,23,25). The van der Waals surface area contributed by atoms with Crippen molar-refractivity contribution in [1.29, 1.82) is 0 Å². The van der Waals surface area contributed by atoms with E-state index in [-0.39, 0.29) is 17.3 Å². The van der Waals surface area contributed by atoms with Gasteiger partial charge in [-0.15, -0.1) is 0 Å². The maximum atomic E-state index is 13.1. The summed E-state index contributed by atoms with van der Waals surface area (Å²) in [5.41, 5.74) is 0.913. The van der Waals surface area contributed by atoms with E-state index in [4.69, 9.17) is 4.74 Å².